The molecule has 1 amide bonds. The smallest absolute Gasteiger partial charge is 0.374 e. The van der Waals surface area contributed by atoms with Crippen LogP contribution in [-0.2, 0) is 4.74 Å². The lowest BCUT2D eigenvalue weighted by Crippen LogP contribution is -2.14. The zero-order valence-electron chi connectivity index (χ0n) is 18.3. The third kappa shape index (κ3) is 5.75. The lowest BCUT2D eigenvalue weighted by atomic mass is 10.1. The molecule has 0 fully saturated rings. The van der Waals surface area contributed by atoms with Gasteiger partial charge in [0.15, 0.2) is 11.0 Å². The van der Waals surface area contributed by atoms with Gasteiger partial charge in [0, 0.05) is 11.6 Å². The molecule has 2 aromatic carbocycles. The predicted octanol–water partition coefficient (Wildman–Crippen LogP) is 5.18. The summed E-state index contributed by atoms with van der Waals surface area (Å²) in [5.41, 5.74) is 0.437. The SMILES string of the molecule is CCCCOC(=O)c1cc(=O)c2cccc(NC(=O)c3ccc(OCCCC)cc3)c2o1. The number of unbranched alkanes of at least 4 members (excludes halogenated alkanes) is 2. The van der Waals surface area contributed by atoms with E-state index in [1.165, 1.54) is 0 Å². The highest BCUT2D eigenvalue weighted by Crippen LogP contribution is 2.24. The summed E-state index contributed by atoms with van der Waals surface area (Å²) in [6.45, 7) is 4.93. The first-order chi connectivity index (χ1) is 15.5. The van der Waals surface area contributed by atoms with Crippen LogP contribution in [0.25, 0.3) is 11.0 Å². The monoisotopic (exact) mass is 437 g/mol. The Labute approximate surface area is 186 Å². The normalized spacial score (nSPS) is 10.7. The minimum absolute atomic E-state index is 0.121. The summed E-state index contributed by atoms with van der Waals surface area (Å²) in [4.78, 5) is 37.5. The van der Waals surface area contributed by atoms with Crippen LogP contribution in [0, 0.1) is 0 Å². The van der Waals surface area contributed by atoms with Gasteiger partial charge in [-0.1, -0.05) is 32.8 Å². The van der Waals surface area contributed by atoms with E-state index in [4.69, 9.17) is 13.9 Å². The number of para-hydroxylation sites is 1. The molecule has 3 aromatic rings. The van der Waals surface area contributed by atoms with Crippen molar-refractivity contribution in [3.63, 3.8) is 0 Å². The summed E-state index contributed by atoms with van der Waals surface area (Å²) >= 11 is 0. The Morgan fingerprint density at radius 3 is 2.41 bits per heavy atom. The predicted molar refractivity (Wildman–Crippen MR) is 122 cm³/mol. The molecule has 1 aromatic heterocycles. The molecule has 7 heteroatoms. The molecule has 0 bridgehead atoms. The van der Waals surface area contributed by atoms with Gasteiger partial charge in [-0.15, -0.1) is 0 Å². The number of carbonyl (C=O) groups is 2. The van der Waals surface area contributed by atoms with Gasteiger partial charge in [0.1, 0.15) is 5.75 Å². The second-order valence-electron chi connectivity index (χ2n) is 7.33. The molecule has 0 saturated heterocycles. The Morgan fingerprint density at radius 2 is 1.69 bits per heavy atom. The van der Waals surface area contributed by atoms with E-state index in [9.17, 15) is 14.4 Å². The van der Waals surface area contributed by atoms with Crippen molar-refractivity contribution < 1.29 is 23.5 Å². The van der Waals surface area contributed by atoms with Crippen molar-refractivity contribution >= 4 is 28.5 Å². The minimum Gasteiger partial charge on any atom is -0.494 e. The Bertz CT molecular complexity index is 1130. The van der Waals surface area contributed by atoms with E-state index >= 15 is 0 Å². The molecular formula is C25H27NO6. The van der Waals surface area contributed by atoms with Crippen molar-refractivity contribution in [2.24, 2.45) is 0 Å². The van der Waals surface area contributed by atoms with Gasteiger partial charge in [-0.3, -0.25) is 9.59 Å². The highest BCUT2D eigenvalue weighted by atomic mass is 16.5. The molecule has 168 valence electrons. The summed E-state index contributed by atoms with van der Waals surface area (Å²) in [7, 11) is 0. The number of nitrogens with one attached hydrogen (secondary N) is 1. The Balaban J connectivity index is 1.81. The van der Waals surface area contributed by atoms with Crippen LogP contribution in [0.15, 0.2) is 57.7 Å². The zero-order chi connectivity index (χ0) is 22.9. The standard InChI is InChI=1S/C25H27NO6/c1-3-5-14-30-18-12-10-17(11-13-18)24(28)26-20-9-7-8-19-21(27)16-22(32-23(19)20)25(29)31-15-6-4-2/h7-13,16H,3-6,14-15H2,1-2H3,(H,26,28). The summed E-state index contributed by atoms with van der Waals surface area (Å²) in [6, 6.07) is 12.7. The number of esters is 1. The number of benzene rings is 2. The maximum absolute atomic E-state index is 12.7. The van der Waals surface area contributed by atoms with Crippen LogP contribution in [-0.4, -0.2) is 25.1 Å². The van der Waals surface area contributed by atoms with E-state index in [2.05, 4.69) is 12.2 Å². The number of carbonyl (C=O) groups excluding carboxylic acids is 2. The summed E-state index contributed by atoms with van der Waals surface area (Å²) in [5, 5.41) is 3.01. The van der Waals surface area contributed by atoms with Crippen molar-refractivity contribution in [3.8, 4) is 5.75 Å². The molecule has 3 rings (SSSR count). The summed E-state index contributed by atoms with van der Waals surface area (Å²) in [5.74, 6) is -0.598. The van der Waals surface area contributed by atoms with Crippen LogP contribution in [0.3, 0.4) is 0 Å². The van der Waals surface area contributed by atoms with E-state index in [1.54, 1.807) is 42.5 Å². The first kappa shape index (κ1) is 23.1. The molecule has 0 aliphatic carbocycles. The Morgan fingerprint density at radius 1 is 0.969 bits per heavy atom. The van der Waals surface area contributed by atoms with Gasteiger partial charge in [-0.05, 0) is 49.2 Å². The number of anilines is 1. The van der Waals surface area contributed by atoms with Gasteiger partial charge in [0.2, 0.25) is 5.76 Å². The van der Waals surface area contributed by atoms with E-state index in [0.717, 1.165) is 25.3 Å². The summed E-state index contributed by atoms with van der Waals surface area (Å²) < 4.78 is 16.4. The van der Waals surface area contributed by atoms with E-state index < -0.39 is 11.4 Å². The van der Waals surface area contributed by atoms with Gasteiger partial charge in [-0.25, -0.2) is 4.79 Å². The van der Waals surface area contributed by atoms with Gasteiger partial charge >= 0.3 is 5.97 Å². The van der Waals surface area contributed by atoms with Crippen molar-refractivity contribution in [2.75, 3.05) is 18.5 Å². The number of amides is 1. The molecule has 7 nitrogen and oxygen atoms in total. The first-order valence-electron chi connectivity index (χ1n) is 10.8. The van der Waals surface area contributed by atoms with Crippen LogP contribution in [0.2, 0.25) is 0 Å². The molecule has 0 radical (unpaired) electrons. The topological polar surface area (TPSA) is 94.8 Å². The average molecular weight is 437 g/mol. The maximum Gasteiger partial charge on any atom is 0.374 e. The zero-order valence-corrected chi connectivity index (χ0v) is 18.3. The highest BCUT2D eigenvalue weighted by Gasteiger charge is 2.17. The molecule has 0 spiro atoms. The van der Waals surface area contributed by atoms with Crippen LogP contribution in [0.5, 0.6) is 5.75 Å². The quantitative estimate of drug-likeness (QED) is 0.347. The third-order valence-electron chi connectivity index (χ3n) is 4.82. The van der Waals surface area contributed by atoms with E-state index in [0.29, 0.717) is 24.3 Å². The average Bonchev–Trinajstić information content (AvgIpc) is 2.80. The maximum atomic E-state index is 12.7. The molecule has 0 aliphatic heterocycles. The number of hydrogen-bond donors (Lipinski definition) is 1. The fourth-order valence-electron chi connectivity index (χ4n) is 2.99. The molecular weight excluding hydrogens is 410 g/mol. The number of hydrogen-bond acceptors (Lipinski definition) is 6. The Hall–Kier alpha value is -3.61. The molecule has 0 aliphatic rings. The van der Waals surface area contributed by atoms with Gasteiger partial charge in [-0.2, -0.15) is 0 Å². The van der Waals surface area contributed by atoms with Gasteiger partial charge in [0.25, 0.3) is 5.91 Å². The first-order valence-corrected chi connectivity index (χ1v) is 10.8. The molecule has 0 unspecified atom stereocenters. The summed E-state index contributed by atoms with van der Waals surface area (Å²) in [6.07, 6.45) is 3.59. The van der Waals surface area contributed by atoms with Crippen molar-refractivity contribution in [3.05, 3.63) is 70.1 Å². The third-order valence-corrected chi connectivity index (χ3v) is 4.82. The van der Waals surface area contributed by atoms with Gasteiger partial charge in [0.05, 0.1) is 24.3 Å². The van der Waals surface area contributed by atoms with E-state index in [1.807, 2.05) is 6.92 Å². The largest absolute Gasteiger partial charge is 0.494 e. The van der Waals surface area contributed by atoms with Crippen LogP contribution >= 0.6 is 0 Å². The van der Waals surface area contributed by atoms with Crippen molar-refractivity contribution in [1.82, 2.24) is 0 Å². The fourth-order valence-corrected chi connectivity index (χ4v) is 2.99. The molecule has 0 atom stereocenters. The van der Waals surface area contributed by atoms with Crippen LogP contribution in [0.1, 0.15) is 60.4 Å². The number of rotatable bonds is 10. The van der Waals surface area contributed by atoms with Crippen molar-refractivity contribution in [1.29, 1.82) is 0 Å². The second kappa shape index (κ2) is 11.1. The number of ether oxygens (including phenoxy) is 2. The van der Waals surface area contributed by atoms with Crippen LogP contribution in [0.4, 0.5) is 5.69 Å². The Kier molecular flexibility index (Phi) is 8.02. The van der Waals surface area contributed by atoms with Crippen LogP contribution < -0.4 is 15.5 Å². The fraction of sp³-hybridized carbons (Fsp3) is 0.320. The molecule has 32 heavy (non-hydrogen) atoms. The highest BCUT2D eigenvalue weighted by molar-refractivity contribution is 6.08. The van der Waals surface area contributed by atoms with E-state index in [-0.39, 0.29) is 34.9 Å². The lowest BCUT2D eigenvalue weighted by Gasteiger charge is -2.10. The lowest BCUT2D eigenvalue weighted by molar-refractivity contribution is 0.0464. The molecule has 1 heterocycles. The molecule has 1 N–H and O–H groups in total. The van der Waals surface area contributed by atoms with Crippen molar-refractivity contribution in [2.45, 2.75) is 39.5 Å². The van der Waals surface area contributed by atoms with Gasteiger partial charge < -0.3 is 19.2 Å². The number of fused-ring (bicyclic) bond motifs is 1. The minimum atomic E-state index is -0.711. The second-order valence-corrected chi connectivity index (χ2v) is 7.33. The molecule has 0 saturated carbocycles.